The zero-order valence-corrected chi connectivity index (χ0v) is 10.1. The van der Waals surface area contributed by atoms with Gasteiger partial charge in [-0.3, -0.25) is 14.2 Å². The number of para-hydroxylation sites is 1. The van der Waals surface area contributed by atoms with E-state index in [4.69, 9.17) is 5.26 Å². The summed E-state index contributed by atoms with van der Waals surface area (Å²) >= 11 is 0. The lowest BCUT2D eigenvalue weighted by Gasteiger charge is -2.05. The van der Waals surface area contributed by atoms with Crippen molar-refractivity contribution < 1.29 is 9.53 Å². The molecule has 0 spiro atoms. The summed E-state index contributed by atoms with van der Waals surface area (Å²) in [5.41, 5.74) is 0.425. The quantitative estimate of drug-likeness (QED) is 0.758. The van der Waals surface area contributed by atoms with Crippen LogP contribution in [0.2, 0.25) is 0 Å². The highest BCUT2D eigenvalue weighted by molar-refractivity contribution is 5.77. The predicted molar refractivity (Wildman–Crippen MR) is 67.2 cm³/mol. The van der Waals surface area contributed by atoms with Crippen molar-refractivity contribution in [3.05, 3.63) is 40.9 Å². The van der Waals surface area contributed by atoms with Gasteiger partial charge in [-0.2, -0.15) is 5.26 Å². The fourth-order valence-electron chi connectivity index (χ4n) is 1.66. The summed E-state index contributed by atoms with van der Waals surface area (Å²) in [5, 5.41) is 8.78. The number of nitrogens with zero attached hydrogens (tertiary/aromatic N) is 3. The normalized spacial score (nSPS) is 10.1. The second kappa shape index (κ2) is 5.78. The molecule has 0 radical (unpaired) electrons. The third-order valence-corrected chi connectivity index (χ3v) is 2.59. The van der Waals surface area contributed by atoms with Crippen LogP contribution in [-0.2, 0) is 16.1 Å². The number of benzene rings is 1. The van der Waals surface area contributed by atoms with E-state index in [-0.39, 0.29) is 25.1 Å². The number of hydrogen-bond acceptors (Lipinski definition) is 5. The van der Waals surface area contributed by atoms with E-state index in [1.807, 2.05) is 0 Å². The van der Waals surface area contributed by atoms with Crippen molar-refractivity contribution in [2.24, 2.45) is 0 Å². The van der Waals surface area contributed by atoms with Crippen LogP contribution in [0.25, 0.3) is 10.9 Å². The molecule has 0 bridgehead atoms. The Kier molecular flexibility index (Phi) is 3.88. The average molecular weight is 257 g/mol. The maximum atomic E-state index is 12.1. The summed E-state index contributed by atoms with van der Waals surface area (Å²) < 4.78 is 5.96. The minimum absolute atomic E-state index is 0.0294. The smallest absolute Gasteiger partial charge is 0.308 e. The van der Waals surface area contributed by atoms with Crippen molar-refractivity contribution in [1.82, 2.24) is 9.55 Å². The van der Waals surface area contributed by atoms with E-state index < -0.39 is 5.97 Å². The van der Waals surface area contributed by atoms with Crippen LogP contribution < -0.4 is 5.56 Å². The number of ether oxygens (including phenoxy) is 1. The van der Waals surface area contributed by atoms with Gasteiger partial charge in [0, 0.05) is 6.54 Å². The van der Waals surface area contributed by atoms with Crippen molar-refractivity contribution in [2.45, 2.75) is 13.0 Å². The van der Waals surface area contributed by atoms with Gasteiger partial charge in [-0.15, -0.1) is 0 Å². The van der Waals surface area contributed by atoms with Crippen LogP contribution in [0.15, 0.2) is 35.4 Å². The molecular formula is C13H11N3O3. The Balaban J connectivity index is 2.14. The van der Waals surface area contributed by atoms with Gasteiger partial charge in [-0.05, 0) is 12.1 Å². The average Bonchev–Trinajstić information content (AvgIpc) is 2.44. The number of nitriles is 1. The van der Waals surface area contributed by atoms with Crippen molar-refractivity contribution in [3.8, 4) is 6.07 Å². The fraction of sp³-hybridized carbons (Fsp3) is 0.231. The van der Waals surface area contributed by atoms with Gasteiger partial charge in [0.05, 0.1) is 23.7 Å². The molecule has 0 aliphatic heterocycles. The monoisotopic (exact) mass is 257 g/mol. The van der Waals surface area contributed by atoms with Gasteiger partial charge in [-0.25, -0.2) is 4.98 Å². The van der Waals surface area contributed by atoms with Gasteiger partial charge in [-0.1, -0.05) is 12.1 Å². The van der Waals surface area contributed by atoms with E-state index in [9.17, 15) is 9.59 Å². The van der Waals surface area contributed by atoms with E-state index >= 15 is 0 Å². The van der Waals surface area contributed by atoms with Crippen molar-refractivity contribution in [2.75, 3.05) is 6.61 Å². The molecule has 0 unspecified atom stereocenters. The molecule has 19 heavy (non-hydrogen) atoms. The number of hydrogen-bond donors (Lipinski definition) is 0. The molecule has 1 aromatic carbocycles. The van der Waals surface area contributed by atoms with Crippen LogP contribution in [0.1, 0.15) is 6.42 Å². The van der Waals surface area contributed by atoms with Crippen LogP contribution in [0.4, 0.5) is 0 Å². The number of rotatable bonds is 4. The molecule has 6 heteroatoms. The number of aromatic nitrogens is 2. The summed E-state index contributed by atoms with van der Waals surface area (Å²) in [6, 6.07) is 8.72. The lowest BCUT2D eigenvalue weighted by atomic mass is 10.2. The van der Waals surface area contributed by atoms with Gasteiger partial charge in [0.2, 0.25) is 0 Å². The third-order valence-electron chi connectivity index (χ3n) is 2.59. The van der Waals surface area contributed by atoms with Gasteiger partial charge in [0.1, 0.15) is 6.07 Å². The van der Waals surface area contributed by atoms with Crippen LogP contribution >= 0.6 is 0 Å². The Hall–Kier alpha value is -2.68. The molecule has 0 fully saturated rings. The molecule has 0 aliphatic carbocycles. The first-order chi connectivity index (χ1) is 9.22. The van der Waals surface area contributed by atoms with Gasteiger partial charge < -0.3 is 4.74 Å². The third kappa shape index (κ3) is 2.96. The fourth-order valence-corrected chi connectivity index (χ4v) is 1.66. The molecule has 0 saturated heterocycles. The number of carbonyl (C=O) groups is 1. The van der Waals surface area contributed by atoms with Gasteiger partial charge in [0.25, 0.3) is 5.56 Å². The Bertz CT molecular complexity index is 700. The maximum Gasteiger partial charge on any atom is 0.308 e. The van der Waals surface area contributed by atoms with Crippen LogP contribution in [0.3, 0.4) is 0 Å². The van der Waals surface area contributed by atoms with Gasteiger partial charge in [0.15, 0.2) is 6.61 Å². The molecule has 1 heterocycles. The summed E-state index contributed by atoms with van der Waals surface area (Å²) in [7, 11) is 0. The molecule has 0 amide bonds. The minimum Gasteiger partial charge on any atom is -0.450 e. The minimum atomic E-state index is -0.512. The molecule has 6 nitrogen and oxygen atoms in total. The summed E-state index contributed by atoms with van der Waals surface area (Å²) in [6.07, 6.45) is 1.43. The molecule has 2 aromatic rings. The second-order valence-corrected chi connectivity index (χ2v) is 3.83. The Morgan fingerprint density at radius 3 is 3.00 bits per heavy atom. The Labute approximate surface area is 108 Å². The number of fused-ring (bicyclic) bond motifs is 1. The van der Waals surface area contributed by atoms with E-state index in [2.05, 4.69) is 9.72 Å². The predicted octanol–water partition coefficient (Wildman–Crippen LogP) is 0.853. The second-order valence-electron chi connectivity index (χ2n) is 3.83. The zero-order valence-electron chi connectivity index (χ0n) is 10.1. The zero-order chi connectivity index (χ0) is 13.7. The summed E-state index contributed by atoms with van der Waals surface area (Å²) in [5.74, 6) is -0.512. The van der Waals surface area contributed by atoms with E-state index in [1.165, 1.54) is 10.9 Å². The Morgan fingerprint density at radius 1 is 1.42 bits per heavy atom. The molecule has 1 aromatic heterocycles. The van der Waals surface area contributed by atoms with Crippen LogP contribution in [-0.4, -0.2) is 22.1 Å². The first-order valence-corrected chi connectivity index (χ1v) is 5.69. The van der Waals surface area contributed by atoms with E-state index in [0.29, 0.717) is 10.9 Å². The number of aryl methyl sites for hydroxylation is 1. The lowest BCUT2D eigenvalue weighted by molar-refractivity contribution is -0.142. The van der Waals surface area contributed by atoms with Crippen molar-refractivity contribution >= 4 is 16.9 Å². The standard InChI is InChI=1S/C13H11N3O3/c14-6-8-19-12(17)5-7-16-9-15-11-4-2-1-3-10(11)13(16)18/h1-4,9H,5,7-8H2. The molecule has 96 valence electrons. The molecule has 2 rings (SSSR count). The van der Waals surface area contributed by atoms with Crippen molar-refractivity contribution in [1.29, 1.82) is 5.26 Å². The van der Waals surface area contributed by atoms with Crippen LogP contribution in [0, 0.1) is 11.3 Å². The van der Waals surface area contributed by atoms with Gasteiger partial charge >= 0.3 is 5.97 Å². The SMILES string of the molecule is N#CCOC(=O)CCn1cnc2ccccc2c1=O. The van der Waals surface area contributed by atoms with E-state index in [0.717, 1.165) is 0 Å². The van der Waals surface area contributed by atoms with Crippen molar-refractivity contribution in [3.63, 3.8) is 0 Å². The number of esters is 1. The first-order valence-electron chi connectivity index (χ1n) is 5.69. The Morgan fingerprint density at radius 2 is 2.21 bits per heavy atom. The highest BCUT2D eigenvalue weighted by Crippen LogP contribution is 2.04. The van der Waals surface area contributed by atoms with E-state index in [1.54, 1.807) is 30.3 Å². The molecule has 0 atom stereocenters. The summed E-state index contributed by atoms with van der Waals surface area (Å²) in [4.78, 5) is 27.5. The maximum absolute atomic E-state index is 12.1. The molecule has 0 aliphatic rings. The molecular weight excluding hydrogens is 246 g/mol. The molecule has 0 N–H and O–H groups in total. The summed E-state index contributed by atoms with van der Waals surface area (Å²) in [6.45, 7) is -0.0926. The highest BCUT2D eigenvalue weighted by atomic mass is 16.5. The number of carbonyl (C=O) groups excluding carboxylic acids is 1. The topological polar surface area (TPSA) is 85.0 Å². The lowest BCUT2D eigenvalue weighted by Crippen LogP contribution is -2.22. The molecule has 0 saturated carbocycles. The van der Waals surface area contributed by atoms with Crippen LogP contribution in [0.5, 0.6) is 0 Å². The first kappa shape index (κ1) is 12.8. The largest absolute Gasteiger partial charge is 0.450 e. The highest BCUT2D eigenvalue weighted by Gasteiger charge is 2.06.